The number of piperazine rings is 1. The second-order valence-electron chi connectivity index (χ2n) is 6.35. The van der Waals surface area contributed by atoms with Crippen molar-refractivity contribution >= 4 is 17.4 Å². The van der Waals surface area contributed by atoms with E-state index >= 15 is 0 Å². The number of urea groups is 1. The summed E-state index contributed by atoms with van der Waals surface area (Å²) in [6.45, 7) is 6.72. The van der Waals surface area contributed by atoms with Gasteiger partial charge in [-0.1, -0.05) is 24.3 Å². The number of carbonyl (C=O) groups excluding carboxylic acids is 1. The maximum Gasteiger partial charge on any atom is 0.321 e. The lowest BCUT2D eigenvalue weighted by molar-refractivity contribution is 0.208. The van der Waals surface area contributed by atoms with E-state index in [4.69, 9.17) is 0 Å². The zero-order chi connectivity index (χ0) is 17.8. The minimum Gasteiger partial charge on any atom is -0.367 e. The molecular weight excluding hydrogens is 312 g/mol. The van der Waals surface area contributed by atoms with Gasteiger partial charge in [0.2, 0.25) is 0 Å². The Morgan fingerprint density at radius 2 is 1.80 bits per heavy atom. The van der Waals surface area contributed by atoms with Crippen LogP contribution >= 0.6 is 0 Å². The first-order valence-corrected chi connectivity index (χ1v) is 8.46. The van der Waals surface area contributed by atoms with Gasteiger partial charge >= 0.3 is 6.03 Å². The number of nitriles is 1. The second kappa shape index (κ2) is 7.27. The molecule has 1 saturated heterocycles. The molecule has 2 amide bonds. The van der Waals surface area contributed by atoms with Crippen LogP contribution in [0, 0.1) is 25.2 Å². The smallest absolute Gasteiger partial charge is 0.321 e. The lowest BCUT2D eigenvalue weighted by atomic mass is 10.1. The van der Waals surface area contributed by atoms with Crippen molar-refractivity contribution in [2.45, 2.75) is 13.8 Å². The van der Waals surface area contributed by atoms with Gasteiger partial charge in [-0.25, -0.2) is 4.79 Å². The average molecular weight is 334 g/mol. The van der Waals surface area contributed by atoms with Gasteiger partial charge in [0.1, 0.15) is 6.07 Å². The number of amides is 2. The van der Waals surface area contributed by atoms with Gasteiger partial charge in [0.05, 0.1) is 11.3 Å². The normalized spacial score (nSPS) is 14.1. The van der Waals surface area contributed by atoms with Crippen LogP contribution in [-0.2, 0) is 0 Å². The van der Waals surface area contributed by atoms with Crippen LogP contribution in [-0.4, -0.2) is 37.1 Å². The van der Waals surface area contributed by atoms with E-state index in [1.54, 1.807) is 0 Å². The van der Waals surface area contributed by atoms with Gasteiger partial charge in [0.25, 0.3) is 0 Å². The number of hydrogen-bond donors (Lipinski definition) is 1. The molecular formula is C20H22N4O. The van der Waals surface area contributed by atoms with Crippen LogP contribution in [0.5, 0.6) is 0 Å². The number of nitrogens with zero attached hydrogens (tertiary/aromatic N) is 3. The molecule has 0 unspecified atom stereocenters. The Morgan fingerprint density at radius 3 is 2.52 bits per heavy atom. The van der Waals surface area contributed by atoms with Crippen LogP contribution < -0.4 is 10.2 Å². The number of hydrogen-bond acceptors (Lipinski definition) is 3. The van der Waals surface area contributed by atoms with Gasteiger partial charge < -0.3 is 15.1 Å². The van der Waals surface area contributed by atoms with Crippen LogP contribution in [0.15, 0.2) is 42.5 Å². The van der Waals surface area contributed by atoms with E-state index in [2.05, 4.69) is 16.3 Å². The molecule has 1 aliphatic rings. The molecule has 25 heavy (non-hydrogen) atoms. The van der Waals surface area contributed by atoms with Crippen molar-refractivity contribution in [1.29, 1.82) is 5.26 Å². The number of rotatable bonds is 2. The Kier molecular flexibility index (Phi) is 4.90. The summed E-state index contributed by atoms with van der Waals surface area (Å²) in [4.78, 5) is 16.5. The zero-order valence-corrected chi connectivity index (χ0v) is 14.6. The van der Waals surface area contributed by atoms with Crippen LogP contribution in [0.2, 0.25) is 0 Å². The molecule has 0 saturated carbocycles. The van der Waals surface area contributed by atoms with E-state index in [9.17, 15) is 10.1 Å². The molecule has 1 aliphatic heterocycles. The van der Waals surface area contributed by atoms with Crippen molar-refractivity contribution in [1.82, 2.24) is 4.90 Å². The number of anilines is 2. The van der Waals surface area contributed by atoms with Crippen molar-refractivity contribution < 1.29 is 4.79 Å². The molecule has 0 aliphatic carbocycles. The lowest BCUT2D eigenvalue weighted by Crippen LogP contribution is -2.50. The summed E-state index contributed by atoms with van der Waals surface area (Å²) in [5.74, 6) is 0. The molecule has 0 spiro atoms. The van der Waals surface area contributed by atoms with Crippen molar-refractivity contribution in [2.24, 2.45) is 0 Å². The highest BCUT2D eigenvalue weighted by atomic mass is 16.2. The highest BCUT2D eigenvalue weighted by Crippen LogP contribution is 2.22. The molecule has 1 heterocycles. The molecule has 1 fully saturated rings. The van der Waals surface area contributed by atoms with E-state index in [1.165, 1.54) is 0 Å². The van der Waals surface area contributed by atoms with Crippen molar-refractivity contribution in [3.8, 4) is 6.07 Å². The average Bonchev–Trinajstić information content (AvgIpc) is 2.64. The summed E-state index contributed by atoms with van der Waals surface area (Å²) in [6.07, 6.45) is 0. The standard InChI is InChI=1S/C20H22N4O/c1-15-7-8-16(2)18(13-15)22-20(25)24-11-9-23(10-12-24)19-6-4-3-5-17(19)14-21/h3-8,13H,9-12H2,1-2H3,(H,22,25). The third-order valence-electron chi connectivity index (χ3n) is 4.57. The van der Waals surface area contributed by atoms with Gasteiger partial charge in [-0.05, 0) is 43.2 Å². The SMILES string of the molecule is Cc1ccc(C)c(NC(=O)N2CCN(c3ccccc3C#N)CC2)c1. The van der Waals surface area contributed by atoms with Gasteiger partial charge in [-0.3, -0.25) is 0 Å². The number of para-hydroxylation sites is 1. The first kappa shape index (κ1) is 16.8. The quantitative estimate of drug-likeness (QED) is 0.914. The molecule has 0 bridgehead atoms. The van der Waals surface area contributed by atoms with E-state index < -0.39 is 0 Å². The molecule has 2 aromatic rings. The minimum absolute atomic E-state index is 0.0677. The van der Waals surface area contributed by atoms with Gasteiger partial charge in [-0.15, -0.1) is 0 Å². The highest BCUT2D eigenvalue weighted by Gasteiger charge is 2.22. The summed E-state index contributed by atoms with van der Waals surface area (Å²) in [5, 5.41) is 12.3. The summed E-state index contributed by atoms with van der Waals surface area (Å²) < 4.78 is 0. The Bertz CT molecular complexity index is 817. The number of aryl methyl sites for hydroxylation is 2. The fourth-order valence-corrected chi connectivity index (χ4v) is 3.06. The molecule has 0 aromatic heterocycles. The molecule has 1 N–H and O–H groups in total. The fourth-order valence-electron chi connectivity index (χ4n) is 3.06. The summed E-state index contributed by atoms with van der Waals surface area (Å²) in [7, 11) is 0. The van der Waals surface area contributed by atoms with Crippen molar-refractivity contribution in [3.63, 3.8) is 0 Å². The van der Waals surface area contributed by atoms with E-state index in [1.807, 2.05) is 61.2 Å². The van der Waals surface area contributed by atoms with Crippen LogP contribution in [0.25, 0.3) is 0 Å². The van der Waals surface area contributed by atoms with E-state index in [0.29, 0.717) is 18.7 Å². The van der Waals surface area contributed by atoms with Gasteiger partial charge in [0, 0.05) is 31.9 Å². The van der Waals surface area contributed by atoms with Crippen LogP contribution in [0.4, 0.5) is 16.2 Å². The summed E-state index contributed by atoms with van der Waals surface area (Å²) >= 11 is 0. The molecule has 2 aromatic carbocycles. The number of benzene rings is 2. The Balaban J connectivity index is 1.63. The lowest BCUT2D eigenvalue weighted by Gasteiger charge is -2.36. The molecule has 0 radical (unpaired) electrons. The fraction of sp³-hybridized carbons (Fsp3) is 0.300. The van der Waals surface area contributed by atoms with Gasteiger partial charge in [0.15, 0.2) is 0 Å². The second-order valence-corrected chi connectivity index (χ2v) is 6.35. The largest absolute Gasteiger partial charge is 0.367 e. The van der Waals surface area contributed by atoms with Crippen molar-refractivity contribution in [3.05, 3.63) is 59.2 Å². The first-order valence-electron chi connectivity index (χ1n) is 8.46. The Hall–Kier alpha value is -3.00. The third-order valence-corrected chi connectivity index (χ3v) is 4.57. The maximum atomic E-state index is 12.5. The number of carbonyl (C=O) groups is 1. The number of nitrogens with one attached hydrogen (secondary N) is 1. The maximum absolute atomic E-state index is 12.5. The monoisotopic (exact) mass is 334 g/mol. The molecule has 128 valence electrons. The first-order chi connectivity index (χ1) is 12.1. The predicted octanol–water partition coefficient (Wildman–Crippen LogP) is 3.53. The molecule has 0 atom stereocenters. The van der Waals surface area contributed by atoms with Crippen LogP contribution in [0.3, 0.4) is 0 Å². The van der Waals surface area contributed by atoms with Crippen molar-refractivity contribution in [2.75, 3.05) is 36.4 Å². The van der Waals surface area contributed by atoms with Gasteiger partial charge in [-0.2, -0.15) is 5.26 Å². The molecule has 3 rings (SSSR count). The third kappa shape index (κ3) is 3.74. The Morgan fingerprint density at radius 1 is 1.08 bits per heavy atom. The van der Waals surface area contributed by atoms with E-state index in [-0.39, 0.29) is 6.03 Å². The topological polar surface area (TPSA) is 59.4 Å². The predicted molar refractivity (Wildman–Crippen MR) is 99.9 cm³/mol. The van der Waals surface area contributed by atoms with Crippen LogP contribution in [0.1, 0.15) is 16.7 Å². The Labute approximate surface area is 148 Å². The highest BCUT2D eigenvalue weighted by molar-refractivity contribution is 5.90. The summed E-state index contributed by atoms with van der Waals surface area (Å²) in [6, 6.07) is 15.8. The zero-order valence-electron chi connectivity index (χ0n) is 14.6. The molecule has 5 nitrogen and oxygen atoms in total. The van der Waals surface area contributed by atoms with E-state index in [0.717, 1.165) is 35.6 Å². The minimum atomic E-state index is -0.0677. The summed E-state index contributed by atoms with van der Waals surface area (Å²) in [5.41, 5.74) is 4.66. The molecule has 5 heteroatoms.